The van der Waals surface area contributed by atoms with Gasteiger partial charge in [0, 0.05) is 24.3 Å². The van der Waals surface area contributed by atoms with E-state index in [2.05, 4.69) is 28.9 Å². The molecule has 1 aromatic heterocycles. The van der Waals surface area contributed by atoms with Crippen LogP contribution in [0.4, 0.5) is 0 Å². The minimum absolute atomic E-state index is 0.306. The van der Waals surface area contributed by atoms with Gasteiger partial charge in [-0.15, -0.1) is 0 Å². The fraction of sp³-hybridized carbons (Fsp3) is 0.545. The second kappa shape index (κ2) is 7.09. The molecule has 1 aromatic carbocycles. The van der Waals surface area contributed by atoms with Crippen LogP contribution < -0.4 is 0 Å². The number of hydrogen-bond donors (Lipinski definition) is 1. The van der Waals surface area contributed by atoms with E-state index in [0.29, 0.717) is 11.8 Å². The van der Waals surface area contributed by atoms with Crippen molar-refractivity contribution in [3.8, 4) is 11.3 Å². The van der Waals surface area contributed by atoms with E-state index < -0.39 is 5.60 Å². The van der Waals surface area contributed by atoms with Crippen molar-refractivity contribution in [2.45, 2.75) is 51.7 Å². The second-order valence-corrected chi connectivity index (χ2v) is 8.18. The topological polar surface area (TPSA) is 49.2 Å². The van der Waals surface area contributed by atoms with Crippen molar-refractivity contribution in [3.63, 3.8) is 0 Å². The van der Waals surface area contributed by atoms with E-state index in [-0.39, 0.29) is 0 Å². The first-order valence-electron chi connectivity index (χ1n) is 9.89. The predicted molar refractivity (Wildman–Crippen MR) is 104 cm³/mol. The third kappa shape index (κ3) is 3.40. The Labute approximate surface area is 156 Å². The summed E-state index contributed by atoms with van der Waals surface area (Å²) < 4.78 is 0. The first-order chi connectivity index (χ1) is 12.5. The monoisotopic (exact) mass is 351 g/mol. The molecular formula is C22H29N3O. The highest BCUT2D eigenvalue weighted by atomic mass is 16.3. The smallest absolute Gasteiger partial charge is 0.143 e. The third-order valence-electron chi connectivity index (χ3n) is 6.36. The molecule has 4 rings (SSSR count). The molecule has 4 nitrogen and oxygen atoms in total. The Morgan fingerprint density at radius 2 is 1.96 bits per heavy atom. The zero-order valence-electron chi connectivity index (χ0n) is 15.9. The van der Waals surface area contributed by atoms with E-state index in [0.717, 1.165) is 48.8 Å². The number of aliphatic hydroxyl groups is 1. The molecule has 4 heteroatoms. The van der Waals surface area contributed by atoms with Crippen LogP contribution in [-0.4, -0.2) is 38.7 Å². The fourth-order valence-electron chi connectivity index (χ4n) is 4.54. The van der Waals surface area contributed by atoms with Crippen molar-refractivity contribution in [2.75, 3.05) is 13.1 Å². The van der Waals surface area contributed by atoms with E-state index in [1.54, 1.807) is 0 Å². The van der Waals surface area contributed by atoms with Crippen LogP contribution in [-0.2, 0) is 6.54 Å². The van der Waals surface area contributed by atoms with Crippen molar-refractivity contribution in [1.82, 2.24) is 14.9 Å². The summed E-state index contributed by atoms with van der Waals surface area (Å²) in [5.74, 6) is 1.70. The van der Waals surface area contributed by atoms with Gasteiger partial charge in [0.25, 0.3) is 0 Å². The lowest BCUT2D eigenvalue weighted by molar-refractivity contribution is -0.128. The molecule has 1 saturated carbocycles. The Morgan fingerprint density at radius 1 is 1.19 bits per heavy atom. The number of hydrogen-bond acceptors (Lipinski definition) is 4. The van der Waals surface area contributed by atoms with E-state index >= 15 is 0 Å². The number of piperidine rings is 1. The number of benzene rings is 1. The molecular weight excluding hydrogens is 322 g/mol. The number of nitrogens with zero attached hydrogens (tertiary/aromatic N) is 3. The largest absolute Gasteiger partial charge is 0.389 e. The molecule has 1 saturated heterocycles. The molecule has 2 aliphatic rings. The Kier molecular flexibility index (Phi) is 4.80. The zero-order chi connectivity index (χ0) is 18.1. The fourth-order valence-corrected chi connectivity index (χ4v) is 4.54. The lowest BCUT2D eigenvalue weighted by atomic mass is 9.65. The predicted octanol–water partition coefficient (Wildman–Crippen LogP) is 3.83. The van der Waals surface area contributed by atoms with Gasteiger partial charge in [-0.25, -0.2) is 9.97 Å². The maximum absolute atomic E-state index is 11.1. The van der Waals surface area contributed by atoms with E-state index in [1.165, 1.54) is 19.3 Å². The van der Waals surface area contributed by atoms with Crippen molar-refractivity contribution >= 4 is 0 Å². The maximum Gasteiger partial charge on any atom is 0.143 e. The van der Waals surface area contributed by atoms with Crippen LogP contribution in [0, 0.1) is 18.8 Å². The van der Waals surface area contributed by atoms with Crippen molar-refractivity contribution in [2.24, 2.45) is 11.8 Å². The Morgan fingerprint density at radius 3 is 2.62 bits per heavy atom. The quantitative estimate of drug-likeness (QED) is 0.910. The normalized spacial score (nSPS) is 27.3. The van der Waals surface area contributed by atoms with Gasteiger partial charge < -0.3 is 5.11 Å². The van der Waals surface area contributed by atoms with E-state index in [9.17, 15) is 5.11 Å². The van der Waals surface area contributed by atoms with Gasteiger partial charge in [0.15, 0.2) is 0 Å². The van der Waals surface area contributed by atoms with Gasteiger partial charge in [-0.3, -0.25) is 4.90 Å². The van der Waals surface area contributed by atoms with Crippen LogP contribution in [0.5, 0.6) is 0 Å². The standard InChI is InChI=1S/C22H29N3O/c1-16-14-25(12-11-22(16,26)19-9-6-10-19)15-21-23-17(2)13-20(24-21)18-7-4-3-5-8-18/h3-5,7-8,13,16,19,26H,6,9-12,14-15H2,1-2H3. The molecule has 0 spiro atoms. The van der Waals surface area contributed by atoms with Crippen molar-refractivity contribution in [3.05, 3.63) is 47.9 Å². The van der Waals surface area contributed by atoms with Crippen molar-refractivity contribution < 1.29 is 5.11 Å². The lowest BCUT2D eigenvalue weighted by Crippen LogP contribution is -2.56. The SMILES string of the molecule is Cc1cc(-c2ccccc2)nc(CN2CCC(O)(C3CCC3)C(C)C2)n1. The zero-order valence-corrected chi connectivity index (χ0v) is 15.9. The molecule has 2 heterocycles. The molecule has 2 aromatic rings. The molecule has 2 atom stereocenters. The minimum atomic E-state index is -0.461. The summed E-state index contributed by atoms with van der Waals surface area (Å²) in [5, 5.41) is 11.1. The van der Waals surface area contributed by atoms with Crippen LogP contribution in [0.3, 0.4) is 0 Å². The molecule has 0 radical (unpaired) electrons. The van der Waals surface area contributed by atoms with Crippen LogP contribution >= 0.6 is 0 Å². The Balaban J connectivity index is 1.47. The third-order valence-corrected chi connectivity index (χ3v) is 6.36. The summed E-state index contributed by atoms with van der Waals surface area (Å²) >= 11 is 0. The van der Waals surface area contributed by atoms with Gasteiger partial charge in [0.2, 0.25) is 0 Å². The molecule has 0 amide bonds. The molecule has 2 fully saturated rings. The van der Waals surface area contributed by atoms with Crippen LogP contribution in [0.15, 0.2) is 36.4 Å². The molecule has 26 heavy (non-hydrogen) atoms. The van der Waals surface area contributed by atoms with E-state index in [4.69, 9.17) is 4.98 Å². The number of aryl methyl sites for hydroxylation is 1. The summed E-state index contributed by atoms with van der Waals surface area (Å²) in [6.07, 6.45) is 4.55. The minimum Gasteiger partial charge on any atom is -0.389 e. The maximum atomic E-state index is 11.1. The summed E-state index contributed by atoms with van der Waals surface area (Å²) in [4.78, 5) is 11.9. The number of likely N-dealkylation sites (tertiary alicyclic amines) is 1. The summed E-state index contributed by atoms with van der Waals surface area (Å²) in [5.41, 5.74) is 2.66. The summed E-state index contributed by atoms with van der Waals surface area (Å²) in [6, 6.07) is 12.3. The molecule has 1 N–H and O–H groups in total. The summed E-state index contributed by atoms with van der Waals surface area (Å²) in [7, 11) is 0. The van der Waals surface area contributed by atoms with Gasteiger partial charge >= 0.3 is 0 Å². The Bertz CT molecular complexity index is 759. The van der Waals surface area contributed by atoms with Crippen LogP contribution in [0.25, 0.3) is 11.3 Å². The highest BCUT2D eigenvalue weighted by Gasteiger charge is 2.46. The first-order valence-corrected chi connectivity index (χ1v) is 9.89. The molecule has 1 aliphatic heterocycles. The number of rotatable bonds is 4. The molecule has 2 unspecified atom stereocenters. The summed E-state index contributed by atoms with van der Waals surface area (Å²) in [6.45, 7) is 6.84. The van der Waals surface area contributed by atoms with Gasteiger partial charge in [-0.05, 0) is 44.1 Å². The molecule has 0 bridgehead atoms. The van der Waals surface area contributed by atoms with Gasteiger partial charge in [0.1, 0.15) is 5.82 Å². The average Bonchev–Trinajstić information content (AvgIpc) is 2.57. The van der Waals surface area contributed by atoms with Crippen LogP contribution in [0.1, 0.15) is 44.1 Å². The Hall–Kier alpha value is -1.78. The van der Waals surface area contributed by atoms with Gasteiger partial charge in [0.05, 0.1) is 17.8 Å². The molecule has 1 aliphatic carbocycles. The highest BCUT2D eigenvalue weighted by Crippen LogP contribution is 2.44. The van der Waals surface area contributed by atoms with Gasteiger partial charge in [-0.2, -0.15) is 0 Å². The second-order valence-electron chi connectivity index (χ2n) is 8.18. The van der Waals surface area contributed by atoms with E-state index in [1.807, 2.05) is 31.2 Å². The van der Waals surface area contributed by atoms with Crippen LogP contribution in [0.2, 0.25) is 0 Å². The lowest BCUT2D eigenvalue weighted by Gasteiger charge is -2.50. The van der Waals surface area contributed by atoms with Gasteiger partial charge in [-0.1, -0.05) is 43.7 Å². The number of aromatic nitrogens is 2. The first kappa shape index (κ1) is 17.6. The van der Waals surface area contributed by atoms with Crippen molar-refractivity contribution in [1.29, 1.82) is 0 Å². The molecule has 138 valence electrons. The average molecular weight is 351 g/mol. The highest BCUT2D eigenvalue weighted by molar-refractivity contribution is 5.58.